The van der Waals surface area contributed by atoms with E-state index in [0.29, 0.717) is 0 Å². The Morgan fingerprint density at radius 3 is 2.71 bits per heavy atom. The minimum absolute atomic E-state index is 0.843. The van der Waals surface area contributed by atoms with E-state index in [4.69, 9.17) is 0 Å². The summed E-state index contributed by atoms with van der Waals surface area (Å²) in [5, 5.41) is 0.914. The van der Waals surface area contributed by atoms with Crippen molar-refractivity contribution < 1.29 is 0 Å². The lowest BCUT2D eigenvalue weighted by molar-refractivity contribution is 1.14. The van der Waals surface area contributed by atoms with Crippen LogP contribution >= 0.6 is 11.8 Å². The second-order valence-corrected chi connectivity index (χ2v) is 2.99. The van der Waals surface area contributed by atoms with Gasteiger partial charge in [0.25, 0.3) is 0 Å². The largest absolute Gasteiger partial charge is 0.161 e. The number of hydrogen-bond donors (Lipinski definition) is 0. The maximum Gasteiger partial charge on any atom is 0.0113 e. The quantitative estimate of drug-likeness (QED) is 0.494. The molecule has 1 aliphatic rings. The predicted octanol–water partition coefficient (Wildman–Crippen LogP) is 1.92. The van der Waals surface area contributed by atoms with E-state index in [0.717, 1.165) is 11.2 Å². The Bertz CT molecular complexity index is 78.2. The van der Waals surface area contributed by atoms with Gasteiger partial charge in [-0.1, -0.05) is 6.08 Å². The van der Waals surface area contributed by atoms with Gasteiger partial charge in [0.2, 0.25) is 0 Å². The molecule has 0 amide bonds. The maximum atomic E-state index is 3.71. The fraction of sp³-hybridized carbons (Fsp3) is 0.667. The zero-order chi connectivity index (χ0) is 5.28. The molecule has 0 bridgehead atoms. The van der Waals surface area contributed by atoms with E-state index in [1.807, 2.05) is 11.8 Å². The first-order valence-corrected chi connectivity index (χ1v) is 3.82. The first kappa shape index (κ1) is 5.23. The van der Waals surface area contributed by atoms with E-state index in [2.05, 4.69) is 18.9 Å². The Kier molecular flexibility index (Phi) is 1.43. The lowest BCUT2D eigenvalue weighted by Crippen LogP contribution is -1.71. The molecule has 0 aromatic carbocycles. The van der Waals surface area contributed by atoms with Crippen molar-refractivity contribution in [3.05, 3.63) is 12.7 Å². The van der Waals surface area contributed by atoms with Crippen LogP contribution in [0.25, 0.3) is 0 Å². The fourth-order valence-electron chi connectivity index (χ4n) is 0.709. The molecule has 0 aromatic heterocycles. The van der Waals surface area contributed by atoms with Crippen molar-refractivity contribution in [2.24, 2.45) is 5.92 Å². The van der Waals surface area contributed by atoms with Gasteiger partial charge in [0.15, 0.2) is 0 Å². The summed E-state index contributed by atoms with van der Waals surface area (Å²) >= 11 is 1.95. The minimum Gasteiger partial charge on any atom is -0.161 e. The Morgan fingerprint density at radius 2 is 2.57 bits per heavy atom. The normalized spacial score (nSPS) is 37.9. The zero-order valence-electron chi connectivity index (χ0n) is 4.55. The summed E-state index contributed by atoms with van der Waals surface area (Å²) in [5.74, 6) is 0.843. The van der Waals surface area contributed by atoms with E-state index in [1.54, 1.807) is 0 Å². The molecule has 40 valence electrons. The van der Waals surface area contributed by atoms with E-state index < -0.39 is 0 Å². The van der Waals surface area contributed by atoms with Crippen molar-refractivity contribution in [3.63, 3.8) is 0 Å². The molecular weight excluding hydrogens is 104 g/mol. The summed E-state index contributed by atoms with van der Waals surface area (Å²) in [7, 11) is 0. The highest BCUT2D eigenvalue weighted by Gasteiger charge is 2.32. The van der Waals surface area contributed by atoms with E-state index >= 15 is 0 Å². The van der Waals surface area contributed by atoms with Crippen LogP contribution in [0.1, 0.15) is 6.42 Å². The average Bonchev–Trinajstić information content (AvgIpc) is 2.43. The molecule has 0 saturated heterocycles. The van der Waals surface area contributed by atoms with Crippen molar-refractivity contribution in [1.82, 2.24) is 0 Å². The van der Waals surface area contributed by atoms with E-state index in [9.17, 15) is 0 Å². The third-order valence-corrected chi connectivity index (χ3v) is 2.53. The summed E-state index contributed by atoms with van der Waals surface area (Å²) in [6.45, 7) is 3.71. The molecule has 0 aliphatic heterocycles. The third kappa shape index (κ3) is 1.00. The summed E-state index contributed by atoms with van der Waals surface area (Å²) < 4.78 is 0. The van der Waals surface area contributed by atoms with Gasteiger partial charge >= 0.3 is 0 Å². The van der Waals surface area contributed by atoms with Crippen LogP contribution in [0.4, 0.5) is 0 Å². The van der Waals surface area contributed by atoms with Gasteiger partial charge in [-0.2, -0.15) is 11.8 Å². The Morgan fingerprint density at radius 1 is 1.86 bits per heavy atom. The van der Waals surface area contributed by atoms with Crippen molar-refractivity contribution in [2.75, 3.05) is 6.26 Å². The number of rotatable bonds is 2. The van der Waals surface area contributed by atoms with E-state index in [1.165, 1.54) is 6.42 Å². The van der Waals surface area contributed by atoms with Gasteiger partial charge in [0.1, 0.15) is 0 Å². The van der Waals surface area contributed by atoms with Gasteiger partial charge in [0.05, 0.1) is 0 Å². The molecule has 1 rings (SSSR count). The Balaban J connectivity index is 2.17. The van der Waals surface area contributed by atoms with Crippen molar-refractivity contribution in [1.29, 1.82) is 0 Å². The summed E-state index contributed by atoms with van der Waals surface area (Å²) in [6.07, 6.45) is 5.58. The molecule has 0 heterocycles. The van der Waals surface area contributed by atoms with Crippen LogP contribution in [0.2, 0.25) is 0 Å². The van der Waals surface area contributed by atoms with Crippen LogP contribution in [0, 0.1) is 5.92 Å². The average molecular weight is 114 g/mol. The van der Waals surface area contributed by atoms with Crippen LogP contribution in [-0.4, -0.2) is 11.5 Å². The molecule has 7 heavy (non-hydrogen) atoms. The maximum absolute atomic E-state index is 3.71. The lowest BCUT2D eigenvalue weighted by Gasteiger charge is -1.81. The third-order valence-electron chi connectivity index (χ3n) is 1.38. The van der Waals surface area contributed by atoms with Crippen LogP contribution < -0.4 is 0 Å². The van der Waals surface area contributed by atoms with Crippen LogP contribution in [0.3, 0.4) is 0 Å². The molecular formula is C6H10S. The highest BCUT2D eigenvalue weighted by Crippen LogP contribution is 2.40. The second kappa shape index (κ2) is 1.91. The standard InChI is InChI=1S/C6H10S/c1-3-5-4-6(5)7-2/h3,5-6H,1,4H2,2H3/t5-,6+/m1/s1. The first-order valence-electron chi connectivity index (χ1n) is 2.54. The first-order chi connectivity index (χ1) is 3.38. The molecule has 2 atom stereocenters. The molecule has 0 spiro atoms. The van der Waals surface area contributed by atoms with Crippen molar-refractivity contribution in [3.8, 4) is 0 Å². The van der Waals surface area contributed by atoms with Crippen LogP contribution in [0.5, 0.6) is 0 Å². The van der Waals surface area contributed by atoms with Crippen LogP contribution in [-0.2, 0) is 0 Å². The molecule has 0 nitrogen and oxygen atoms in total. The number of thioether (sulfide) groups is 1. The van der Waals surface area contributed by atoms with Crippen molar-refractivity contribution in [2.45, 2.75) is 11.7 Å². The molecule has 1 heteroatoms. The lowest BCUT2D eigenvalue weighted by atomic mass is 10.4. The Labute approximate surface area is 49.0 Å². The van der Waals surface area contributed by atoms with Crippen LogP contribution in [0.15, 0.2) is 12.7 Å². The van der Waals surface area contributed by atoms with Gasteiger partial charge in [-0.3, -0.25) is 0 Å². The van der Waals surface area contributed by atoms with Gasteiger partial charge in [-0.25, -0.2) is 0 Å². The molecule has 1 fully saturated rings. The summed E-state index contributed by atoms with van der Waals surface area (Å²) in [4.78, 5) is 0. The summed E-state index contributed by atoms with van der Waals surface area (Å²) in [5.41, 5.74) is 0. The summed E-state index contributed by atoms with van der Waals surface area (Å²) in [6, 6.07) is 0. The molecule has 0 unspecified atom stereocenters. The molecule has 1 saturated carbocycles. The molecule has 0 N–H and O–H groups in total. The second-order valence-electron chi connectivity index (χ2n) is 1.91. The predicted molar refractivity (Wildman–Crippen MR) is 35.6 cm³/mol. The SMILES string of the molecule is C=C[C@@H]1C[C@@H]1SC. The van der Waals surface area contributed by atoms with Gasteiger partial charge < -0.3 is 0 Å². The van der Waals surface area contributed by atoms with Crippen molar-refractivity contribution >= 4 is 11.8 Å². The topological polar surface area (TPSA) is 0 Å². The molecule has 1 aliphatic carbocycles. The molecule has 0 radical (unpaired) electrons. The smallest absolute Gasteiger partial charge is 0.0113 e. The van der Waals surface area contributed by atoms with Gasteiger partial charge in [-0.15, -0.1) is 6.58 Å². The number of allylic oxidation sites excluding steroid dienone is 1. The fourth-order valence-corrected chi connectivity index (χ4v) is 1.58. The minimum atomic E-state index is 0.843. The zero-order valence-corrected chi connectivity index (χ0v) is 5.37. The molecule has 0 aromatic rings. The number of hydrogen-bond acceptors (Lipinski definition) is 1. The highest BCUT2D eigenvalue weighted by atomic mass is 32.2. The monoisotopic (exact) mass is 114 g/mol. The Hall–Kier alpha value is 0.0900. The van der Waals surface area contributed by atoms with Gasteiger partial charge in [-0.05, 0) is 18.6 Å². The highest BCUT2D eigenvalue weighted by molar-refractivity contribution is 7.99. The van der Waals surface area contributed by atoms with Gasteiger partial charge in [0, 0.05) is 5.25 Å². The van der Waals surface area contributed by atoms with E-state index in [-0.39, 0.29) is 0 Å².